The predicted molar refractivity (Wildman–Crippen MR) is 99.3 cm³/mol. The topological polar surface area (TPSA) is 57.7 Å². The van der Waals surface area contributed by atoms with Crippen LogP contribution in [0.4, 0.5) is 4.39 Å². The number of fused-ring (bicyclic) bond motifs is 5. The summed E-state index contributed by atoms with van der Waals surface area (Å²) >= 11 is 0. The molecule has 2 amide bonds. The van der Waals surface area contributed by atoms with Crippen LogP contribution in [0, 0.1) is 17.7 Å². The van der Waals surface area contributed by atoms with Crippen LogP contribution in [0.3, 0.4) is 0 Å². The smallest absolute Gasteiger partial charge is 0.235 e. The van der Waals surface area contributed by atoms with Gasteiger partial charge < -0.3 is 4.90 Å². The zero-order valence-electron chi connectivity index (χ0n) is 15.1. The molecule has 5 nitrogen and oxygen atoms in total. The molecule has 4 atom stereocenters. The van der Waals surface area contributed by atoms with Gasteiger partial charge in [0.2, 0.25) is 11.8 Å². The van der Waals surface area contributed by atoms with Crippen molar-refractivity contribution in [1.29, 1.82) is 0 Å². The molecule has 3 heterocycles. The summed E-state index contributed by atoms with van der Waals surface area (Å²) in [6.45, 7) is 0. The van der Waals surface area contributed by atoms with E-state index in [0.717, 1.165) is 16.0 Å². The first-order valence-electron chi connectivity index (χ1n) is 9.15. The van der Waals surface area contributed by atoms with Crippen molar-refractivity contribution in [1.82, 2.24) is 9.80 Å². The Morgan fingerprint density at radius 2 is 1.64 bits per heavy atom. The third kappa shape index (κ3) is 2.14. The highest BCUT2D eigenvalue weighted by Gasteiger charge is 2.63. The fourth-order valence-corrected chi connectivity index (χ4v) is 4.79. The first-order chi connectivity index (χ1) is 13.5. The highest BCUT2D eigenvalue weighted by atomic mass is 19.1. The molecule has 2 aromatic carbocycles. The highest BCUT2D eigenvalue weighted by molar-refractivity contribution is 6.11. The quantitative estimate of drug-likeness (QED) is 0.597. The Kier molecular flexibility index (Phi) is 3.53. The van der Waals surface area contributed by atoms with E-state index in [1.807, 2.05) is 35.2 Å². The molecule has 5 rings (SSSR count). The van der Waals surface area contributed by atoms with Gasteiger partial charge in [0.15, 0.2) is 5.78 Å². The molecule has 0 bridgehead atoms. The molecule has 28 heavy (non-hydrogen) atoms. The standard InChI is InChI=1S/C22H17FN2O3/c1-24-21(27)16-17(22(24)28)19(20(26)13-6-8-14(23)9-7-13)25-11-10-12-4-2-3-5-15(12)18(16)25/h2-11,16-19H,1H3/t16-,17+,18+,19-/m1/s1. The van der Waals surface area contributed by atoms with Crippen LogP contribution in [-0.2, 0) is 9.59 Å². The average Bonchev–Trinajstić information content (AvgIpc) is 3.17. The van der Waals surface area contributed by atoms with Crippen LogP contribution in [0.15, 0.2) is 54.7 Å². The van der Waals surface area contributed by atoms with Gasteiger partial charge in [-0.3, -0.25) is 19.3 Å². The second-order valence-corrected chi connectivity index (χ2v) is 7.44. The first kappa shape index (κ1) is 16.9. The molecule has 0 spiro atoms. The van der Waals surface area contributed by atoms with E-state index in [1.54, 1.807) is 6.20 Å². The van der Waals surface area contributed by atoms with E-state index >= 15 is 0 Å². The summed E-state index contributed by atoms with van der Waals surface area (Å²) in [6.07, 6.45) is 3.70. The number of imide groups is 1. The van der Waals surface area contributed by atoms with E-state index in [9.17, 15) is 18.8 Å². The van der Waals surface area contributed by atoms with Crippen molar-refractivity contribution >= 4 is 23.7 Å². The fraction of sp³-hybridized carbons (Fsp3) is 0.227. The Balaban J connectivity index is 1.65. The number of nitrogens with zero attached hydrogens (tertiary/aromatic N) is 2. The van der Waals surface area contributed by atoms with Gasteiger partial charge >= 0.3 is 0 Å². The second-order valence-electron chi connectivity index (χ2n) is 7.44. The van der Waals surface area contributed by atoms with Crippen molar-refractivity contribution in [3.8, 4) is 0 Å². The maximum absolute atomic E-state index is 13.3. The summed E-state index contributed by atoms with van der Waals surface area (Å²) in [5.74, 6) is -2.68. The number of amides is 2. The largest absolute Gasteiger partial charge is 0.358 e. The number of hydrogen-bond donors (Lipinski definition) is 0. The number of halogens is 1. The van der Waals surface area contributed by atoms with E-state index in [2.05, 4.69) is 0 Å². The number of Topliss-reactive ketones (excluding diaryl/α,β-unsaturated/α-hetero) is 1. The molecule has 3 aliphatic heterocycles. The van der Waals surface area contributed by atoms with Crippen LogP contribution in [0.25, 0.3) is 6.08 Å². The van der Waals surface area contributed by atoms with Gasteiger partial charge in [0.05, 0.1) is 17.9 Å². The average molecular weight is 376 g/mol. The number of carbonyl (C=O) groups excluding carboxylic acids is 3. The van der Waals surface area contributed by atoms with Gasteiger partial charge in [0.25, 0.3) is 0 Å². The molecule has 140 valence electrons. The van der Waals surface area contributed by atoms with Crippen molar-refractivity contribution in [3.05, 3.63) is 77.2 Å². The number of ketones is 1. The monoisotopic (exact) mass is 376 g/mol. The van der Waals surface area contributed by atoms with Crippen molar-refractivity contribution in [2.24, 2.45) is 11.8 Å². The Hall–Kier alpha value is -3.28. The Morgan fingerprint density at radius 3 is 2.39 bits per heavy atom. The minimum absolute atomic E-state index is 0.260. The van der Waals surface area contributed by atoms with E-state index < -0.39 is 23.7 Å². The number of rotatable bonds is 2. The number of hydrogen-bond acceptors (Lipinski definition) is 4. The summed E-state index contributed by atoms with van der Waals surface area (Å²) in [4.78, 5) is 42.1. The highest BCUT2D eigenvalue weighted by Crippen LogP contribution is 2.52. The molecule has 0 aromatic heterocycles. The summed E-state index contributed by atoms with van der Waals surface area (Å²) in [6, 6.07) is 11.8. The molecule has 3 aliphatic rings. The van der Waals surface area contributed by atoms with Crippen molar-refractivity contribution in [2.45, 2.75) is 12.1 Å². The molecular weight excluding hydrogens is 359 g/mol. The van der Waals surface area contributed by atoms with Crippen LogP contribution in [0.2, 0.25) is 0 Å². The maximum atomic E-state index is 13.3. The Labute approximate surface area is 161 Å². The minimum Gasteiger partial charge on any atom is -0.358 e. The van der Waals surface area contributed by atoms with Crippen LogP contribution >= 0.6 is 0 Å². The maximum Gasteiger partial charge on any atom is 0.235 e. The zero-order chi connectivity index (χ0) is 19.6. The zero-order valence-corrected chi connectivity index (χ0v) is 15.1. The lowest BCUT2D eigenvalue weighted by Crippen LogP contribution is -2.43. The minimum atomic E-state index is -0.800. The van der Waals surface area contributed by atoms with E-state index in [4.69, 9.17) is 0 Å². The molecule has 0 aliphatic carbocycles. The molecule has 0 radical (unpaired) electrons. The predicted octanol–water partition coefficient (Wildman–Crippen LogP) is 2.65. The second kappa shape index (κ2) is 5.86. The van der Waals surface area contributed by atoms with Gasteiger partial charge in [-0.15, -0.1) is 0 Å². The van der Waals surface area contributed by atoms with E-state index in [0.29, 0.717) is 5.56 Å². The van der Waals surface area contributed by atoms with E-state index in [-0.39, 0.29) is 23.6 Å². The molecule has 2 fully saturated rings. The third-order valence-corrected chi connectivity index (χ3v) is 6.08. The first-order valence-corrected chi connectivity index (χ1v) is 9.15. The molecular formula is C22H17FN2O3. The summed E-state index contributed by atoms with van der Waals surface area (Å²) in [5, 5.41) is 0. The molecule has 0 saturated carbocycles. The number of carbonyl (C=O) groups is 3. The summed E-state index contributed by atoms with van der Waals surface area (Å²) in [5.41, 5.74) is 2.24. The fourth-order valence-electron chi connectivity index (χ4n) is 4.79. The number of likely N-dealkylation sites (tertiary alicyclic amines) is 1. The molecule has 2 saturated heterocycles. The van der Waals surface area contributed by atoms with Gasteiger partial charge in [-0.1, -0.05) is 24.3 Å². The van der Waals surface area contributed by atoms with Gasteiger partial charge in [0, 0.05) is 18.8 Å². The molecule has 0 N–H and O–H groups in total. The van der Waals surface area contributed by atoms with Crippen LogP contribution in [0.5, 0.6) is 0 Å². The number of benzene rings is 2. The lowest BCUT2D eigenvalue weighted by molar-refractivity contribution is -0.139. The lowest BCUT2D eigenvalue weighted by atomic mass is 9.83. The van der Waals surface area contributed by atoms with Crippen molar-refractivity contribution in [2.75, 3.05) is 7.05 Å². The van der Waals surface area contributed by atoms with Crippen LogP contribution < -0.4 is 0 Å². The lowest BCUT2D eigenvalue weighted by Gasteiger charge is -2.35. The SMILES string of the molecule is CN1C(=O)[C@@H]2[C@H](C1=O)[C@H](C(=O)c1ccc(F)cc1)N1C=Cc3ccccc3[C@@H]21. The van der Waals surface area contributed by atoms with Gasteiger partial charge in [-0.2, -0.15) is 0 Å². The van der Waals surface area contributed by atoms with Gasteiger partial charge in [-0.05, 0) is 41.5 Å². The molecule has 2 aromatic rings. The van der Waals surface area contributed by atoms with Crippen LogP contribution in [-0.4, -0.2) is 40.5 Å². The van der Waals surface area contributed by atoms with E-state index in [1.165, 1.54) is 31.3 Å². The molecule has 0 unspecified atom stereocenters. The normalized spacial score (nSPS) is 27.6. The van der Waals surface area contributed by atoms with Gasteiger partial charge in [-0.25, -0.2) is 4.39 Å². The van der Waals surface area contributed by atoms with Crippen molar-refractivity contribution < 1.29 is 18.8 Å². The summed E-state index contributed by atoms with van der Waals surface area (Å²) < 4.78 is 13.3. The summed E-state index contributed by atoms with van der Waals surface area (Å²) in [7, 11) is 1.47. The Morgan fingerprint density at radius 1 is 0.964 bits per heavy atom. The van der Waals surface area contributed by atoms with Crippen LogP contribution in [0.1, 0.15) is 27.5 Å². The Bertz CT molecular complexity index is 1050. The van der Waals surface area contributed by atoms with Gasteiger partial charge in [0.1, 0.15) is 11.9 Å². The molecule has 6 heteroatoms. The third-order valence-electron chi connectivity index (χ3n) is 6.08. The van der Waals surface area contributed by atoms with Crippen molar-refractivity contribution in [3.63, 3.8) is 0 Å².